The number of aromatic amines is 1. The lowest BCUT2D eigenvalue weighted by Crippen LogP contribution is -2.14. The van der Waals surface area contributed by atoms with Crippen molar-refractivity contribution in [2.45, 2.75) is 18.7 Å². The fourth-order valence-corrected chi connectivity index (χ4v) is 3.16. The minimum atomic E-state index is -3.94. The second-order valence-electron chi connectivity index (χ2n) is 4.03. The van der Waals surface area contributed by atoms with Crippen molar-refractivity contribution < 1.29 is 17.9 Å². The van der Waals surface area contributed by atoms with Crippen LogP contribution in [-0.4, -0.2) is 23.7 Å². The molecule has 6 nitrogen and oxygen atoms in total. The van der Waals surface area contributed by atoms with Crippen molar-refractivity contribution in [3.63, 3.8) is 0 Å². The molecule has 2 aromatic rings. The maximum absolute atomic E-state index is 13.1. The lowest BCUT2D eigenvalue weighted by molar-refractivity contribution is 0.475. The molecule has 8 heteroatoms. The zero-order valence-electron chi connectivity index (χ0n) is 10.2. The third-order valence-corrected chi connectivity index (χ3v) is 4.16. The Kier molecular flexibility index (Phi) is 3.19. The molecule has 0 fully saturated rings. The van der Waals surface area contributed by atoms with Crippen LogP contribution in [0.3, 0.4) is 0 Å². The number of benzene rings is 1. The summed E-state index contributed by atoms with van der Waals surface area (Å²) in [5.41, 5.74) is 0.432. The number of nitrogens with zero attached hydrogens (tertiary/aromatic N) is 1. The first-order valence-corrected chi connectivity index (χ1v) is 6.82. The molecule has 0 saturated heterocycles. The van der Waals surface area contributed by atoms with Gasteiger partial charge in [-0.15, -0.1) is 0 Å². The second-order valence-corrected chi connectivity index (χ2v) is 5.65. The number of aromatic nitrogens is 2. The van der Waals surface area contributed by atoms with Gasteiger partial charge >= 0.3 is 0 Å². The van der Waals surface area contributed by atoms with Gasteiger partial charge in [-0.1, -0.05) is 0 Å². The Hall–Kier alpha value is -2.09. The summed E-state index contributed by atoms with van der Waals surface area (Å²) < 4.78 is 39.5. The molecule has 0 unspecified atom stereocenters. The van der Waals surface area contributed by atoms with E-state index in [1.165, 1.54) is 6.92 Å². The first-order chi connectivity index (χ1) is 8.81. The van der Waals surface area contributed by atoms with Gasteiger partial charge in [-0.25, -0.2) is 12.8 Å². The van der Waals surface area contributed by atoms with Crippen molar-refractivity contribution >= 4 is 15.7 Å². The van der Waals surface area contributed by atoms with E-state index >= 15 is 0 Å². The highest BCUT2D eigenvalue weighted by Crippen LogP contribution is 2.27. The number of phenolic OH excluding ortho intramolecular Hbond substituents is 1. The van der Waals surface area contributed by atoms with Gasteiger partial charge in [-0.2, -0.15) is 5.10 Å². The van der Waals surface area contributed by atoms with Gasteiger partial charge in [0, 0.05) is 6.07 Å². The molecule has 19 heavy (non-hydrogen) atoms. The van der Waals surface area contributed by atoms with Crippen LogP contribution in [0, 0.1) is 19.7 Å². The summed E-state index contributed by atoms with van der Waals surface area (Å²) in [6.45, 7) is 3.09. The summed E-state index contributed by atoms with van der Waals surface area (Å²) in [4.78, 5) is -0.0174. The molecule has 0 atom stereocenters. The molecule has 2 rings (SSSR count). The third kappa shape index (κ3) is 2.53. The fourth-order valence-electron chi connectivity index (χ4n) is 1.72. The van der Waals surface area contributed by atoms with Crippen LogP contribution in [0.2, 0.25) is 0 Å². The molecule has 1 aromatic heterocycles. The molecule has 0 radical (unpaired) electrons. The minimum absolute atomic E-state index is 0.0174. The van der Waals surface area contributed by atoms with Crippen molar-refractivity contribution in [1.82, 2.24) is 10.2 Å². The van der Waals surface area contributed by atoms with E-state index in [9.17, 15) is 17.9 Å². The zero-order valence-corrected chi connectivity index (χ0v) is 11.0. The van der Waals surface area contributed by atoms with Gasteiger partial charge in [0.1, 0.15) is 16.5 Å². The predicted octanol–water partition coefficient (Wildman–Crippen LogP) is 1.67. The summed E-state index contributed by atoms with van der Waals surface area (Å²) in [6, 6.07) is 3.00. The van der Waals surface area contributed by atoms with Gasteiger partial charge in [0.2, 0.25) is 0 Å². The van der Waals surface area contributed by atoms with E-state index in [-0.39, 0.29) is 16.3 Å². The van der Waals surface area contributed by atoms with Gasteiger partial charge in [0.15, 0.2) is 0 Å². The Morgan fingerprint density at radius 1 is 1.37 bits per heavy atom. The Morgan fingerprint density at radius 2 is 2.05 bits per heavy atom. The maximum atomic E-state index is 13.1. The number of H-pyrrole nitrogens is 1. The van der Waals surface area contributed by atoms with E-state index in [2.05, 4.69) is 14.9 Å². The largest absolute Gasteiger partial charge is 0.506 e. The van der Waals surface area contributed by atoms with Crippen molar-refractivity contribution in [3.05, 3.63) is 35.4 Å². The molecule has 0 bridgehead atoms. The monoisotopic (exact) mass is 285 g/mol. The Morgan fingerprint density at radius 3 is 2.63 bits per heavy atom. The van der Waals surface area contributed by atoms with E-state index in [0.717, 1.165) is 18.2 Å². The molecule has 0 spiro atoms. The molecule has 1 aromatic carbocycles. The average Bonchev–Trinajstić information content (AvgIpc) is 2.64. The SMILES string of the molecule is Cc1n[nH]c(C)c1S(=O)(=O)Nc1cc(F)ccc1O. The number of sulfonamides is 1. The minimum Gasteiger partial charge on any atom is -0.506 e. The van der Waals surface area contributed by atoms with Crippen molar-refractivity contribution in [1.29, 1.82) is 0 Å². The van der Waals surface area contributed by atoms with Gasteiger partial charge in [-0.3, -0.25) is 9.82 Å². The number of hydrogen-bond acceptors (Lipinski definition) is 4. The van der Waals surface area contributed by atoms with Crippen LogP contribution in [0.5, 0.6) is 5.75 Å². The number of aromatic hydroxyl groups is 1. The van der Waals surface area contributed by atoms with E-state index in [4.69, 9.17) is 0 Å². The average molecular weight is 285 g/mol. The number of aryl methyl sites for hydroxylation is 2. The summed E-state index contributed by atoms with van der Waals surface area (Å²) in [6.07, 6.45) is 0. The van der Waals surface area contributed by atoms with Crippen LogP contribution >= 0.6 is 0 Å². The molecular weight excluding hydrogens is 273 g/mol. The molecule has 0 aliphatic carbocycles. The summed E-state index contributed by atoms with van der Waals surface area (Å²) in [7, 11) is -3.94. The molecule has 0 saturated carbocycles. The summed E-state index contributed by atoms with van der Waals surface area (Å²) >= 11 is 0. The molecule has 0 amide bonds. The van der Waals surface area contributed by atoms with Crippen molar-refractivity contribution in [2.75, 3.05) is 4.72 Å². The van der Waals surface area contributed by atoms with E-state index < -0.39 is 15.8 Å². The zero-order chi connectivity index (χ0) is 14.2. The highest BCUT2D eigenvalue weighted by molar-refractivity contribution is 7.92. The Bertz CT molecular complexity index is 705. The summed E-state index contributed by atoms with van der Waals surface area (Å²) in [5.74, 6) is -1.01. The topological polar surface area (TPSA) is 95.1 Å². The predicted molar refractivity (Wildman–Crippen MR) is 66.9 cm³/mol. The number of nitrogens with one attached hydrogen (secondary N) is 2. The number of anilines is 1. The second kappa shape index (κ2) is 4.54. The number of phenols is 1. The van der Waals surface area contributed by atoms with Gasteiger partial charge < -0.3 is 5.11 Å². The molecule has 0 aliphatic heterocycles. The van der Waals surface area contributed by atoms with Crippen LogP contribution in [0.1, 0.15) is 11.4 Å². The normalized spacial score (nSPS) is 11.5. The quantitative estimate of drug-likeness (QED) is 0.748. The Labute approximate surface area is 109 Å². The standard InChI is InChI=1S/C11H12FN3O3S/c1-6-11(7(2)14-13-6)19(17,18)15-9-5-8(12)3-4-10(9)16/h3-5,15-16H,1-2H3,(H,13,14). The van der Waals surface area contributed by atoms with Crippen LogP contribution in [0.15, 0.2) is 23.1 Å². The van der Waals surface area contributed by atoms with Crippen molar-refractivity contribution in [2.24, 2.45) is 0 Å². The first-order valence-electron chi connectivity index (χ1n) is 5.34. The highest BCUT2D eigenvalue weighted by Gasteiger charge is 2.23. The Balaban J connectivity index is 2.45. The van der Waals surface area contributed by atoms with Crippen LogP contribution < -0.4 is 4.72 Å². The molecule has 3 N–H and O–H groups in total. The van der Waals surface area contributed by atoms with Crippen molar-refractivity contribution in [3.8, 4) is 5.75 Å². The number of rotatable bonds is 3. The number of hydrogen-bond donors (Lipinski definition) is 3. The molecule has 1 heterocycles. The third-order valence-electron chi connectivity index (χ3n) is 2.53. The molecular formula is C11H12FN3O3S. The molecule has 0 aliphatic rings. The highest BCUT2D eigenvalue weighted by atomic mass is 32.2. The smallest absolute Gasteiger partial charge is 0.265 e. The van der Waals surface area contributed by atoms with Crippen LogP contribution in [-0.2, 0) is 10.0 Å². The first kappa shape index (κ1) is 13.3. The van der Waals surface area contributed by atoms with Gasteiger partial charge in [0.25, 0.3) is 10.0 Å². The summed E-state index contributed by atoms with van der Waals surface area (Å²) in [5, 5.41) is 15.8. The lowest BCUT2D eigenvalue weighted by atomic mass is 10.3. The lowest BCUT2D eigenvalue weighted by Gasteiger charge is -2.09. The fraction of sp³-hybridized carbons (Fsp3) is 0.182. The van der Waals surface area contributed by atoms with E-state index in [1.807, 2.05) is 0 Å². The van der Waals surface area contributed by atoms with Crippen LogP contribution in [0.25, 0.3) is 0 Å². The van der Waals surface area contributed by atoms with E-state index in [0.29, 0.717) is 11.4 Å². The van der Waals surface area contributed by atoms with E-state index in [1.54, 1.807) is 6.92 Å². The number of halogens is 1. The van der Waals surface area contributed by atoms with Gasteiger partial charge in [-0.05, 0) is 26.0 Å². The molecule has 102 valence electrons. The van der Waals surface area contributed by atoms with Crippen LogP contribution in [0.4, 0.5) is 10.1 Å². The van der Waals surface area contributed by atoms with Gasteiger partial charge in [0.05, 0.1) is 17.1 Å². The maximum Gasteiger partial charge on any atom is 0.265 e.